The Balaban J connectivity index is 1.66. The normalized spacial score (nSPS) is 10.2. The summed E-state index contributed by atoms with van der Waals surface area (Å²) < 4.78 is 0. The van der Waals surface area contributed by atoms with Crippen molar-refractivity contribution in [3.05, 3.63) is 77.6 Å². The number of nitrogens with zero attached hydrogens (tertiary/aromatic N) is 2. The van der Waals surface area contributed by atoms with Crippen LogP contribution in [0.1, 0.15) is 28.5 Å². The molecular weight excluding hydrogens is 354 g/mol. The zero-order chi connectivity index (χ0) is 19.9. The third-order valence-electron chi connectivity index (χ3n) is 3.86. The van der Waals surface area contributed by atoms with Crippen molar-refractivity contribution in [2.75, 3.05) is 10.6 Å². The third-order valence-corrected chi connectivity index (χ3v) is 3.86. The van der Waals surface area contributed by atoms with E-state index in [2.05, 4.69) is 25.9 Å². The molecule has 2 aromatic carbocycles. The van der Waals surface area contributed by atoms with Crippen LogP contribution in [0.4, 0.5) is 17.3 Å². The summed E-state index contributed by atoms with van der Waals surface area (Å²) in [4.78, 5) is 32.0. The van der Waals surface area contributed by atoms with E-state index in [4.69, 9.17) is 0 Å². The van der Waals surface area contributed by atoms with Gasteiger partial charge in [0.2, 0.25) is 11.9 Å². The van der Waals surface area contributed by atoms with E-state index in [9.17, 15) is 9.59 Å². The molecule has 1 heterocycles. The minimum atomic E-state index is -0.279. The molecule has 28 heavy (non-hydrogen) atoms. The van der Waals surface area contributed by atoms with Gasteiger partial charge in [-0.1, -0.05) is 35.9 Å². The fourth-order valence-corrected chi connectivity index (χ4v) is 2.65. The molecule has 142 valence electrons. The Morgan fingerprint density at radius 3 is 2.57 bits per heavy atom. The van der Waals surface area contributed by atoms with Crippen molar-refractivity contribution in [2.24, 2.45) is 0 Å². The van der Waals surface area contributed by atoms with Crippen molar-refractivity contribution >= 4 is 29.1 Å². The van der Waals surface area contributed by atoms with Gasteiger partial charge in [0.1, 0.15) is 5.69 Å². The van der Waals surface area contributed by atoms with Crippen LogP contribution in [-0.2, 0) is 11.3 Å². The standard InChI is InChI=1S/C21H21N5O2/c1-14-5-3-6-16(11-14)13-23-20(28)19-9-10-22-21(26-19)25-18-8-4-7-17(12-18)24-15(2)27/h3-12H,13H2,1-2H3,(H,23,28)(H,24,27)(H,22,25,26). The van der Waals surface area contributed by atoms with E-state index in [1.54, 1.807) is 24.3 Å². The van der Waals surface area contributed by atoms with Crippen LogP contribution in [-0.4, -0.2) is 21.8 Å². The van der Waals surface area contributed by atoms with Crippen molar-refractivity contribution in [2.45, 2.75) is 20.4 Å². The smallest absolute Gasteiger partial charge is 0.270 e. The minimum absolute atomic E-state index is 0.152. The van der Waals surface area contributed by atoms with Crippen molar-refractivity contribution in [3.63, 3.8) is 0 Å². The second-order valence-electron chi connectivity index (χ2n) is 6.32. The molecule has 3 rings (SSSR count). The second kappa shape index (κ2) is 8.77. The molecule has 7 heteroatoms. The van der Waals surface area contributed by atoms with Gasteiger partial charge in [-0.3, -0.25) is 9.59 Å². The topological polar surface area (TPSA) is 96.0 Å². The lowest BCUT2D eigenvalue weighted by atomic mass is 10.1. The summed E-state index contributed by atoms with van der Waals surface area (Å²) in [5.41, 5.74) is 3.79. The maximum absolute atomic E-state index is 12.4. The molecule has 0 bridgehead atoms. The number of carbonyl (C=O) groups excluding carboxylic acids is 2. The molecule has 0 aliphatic rings. The molecule has 1 aromatic heterocycles. The van der Waals surface area contributed by atoms with Gasteiger partial charge in [0, 0.05) is 31.0 Å². The lowest BCUT2D eigenvalue weighted by Crippen LogP contribution is -2.24. The number of anilines is 3. The van der Waals surface area contributed by atoms with E-state index in [-0.39, 0.29) is 17.5 Å². The van der Waals surface area contributed by atoms with E-state index < -0.39 is 0 Å². The summed E-state index contributed by atoms with van der Waals surface area (Å²) in [6, 6.07) is 16.7. The zero-order valence-corrected chi connectivity index (χ0v) is 15.7. The average Bonchev–Trinajstić information content (AvgIpc) is 2.66. The highest BCUT2D eigenvalue weighted by molar-refractivity contribution is 5.92. The van der Waals surface area contributed by atoms with E-state index in [0.717, 1.165) is 11.1 Å². The van der Waals surface area contributed by atoms with Crippen LogP contribution in [0.15, 0.2) is 60.8 Å². The Kier molecular flexibility index (Phi) is 5.96. The first-order valence-corrected chi connectivity index (χ1v) is 8.81. The van der Waals surface area contributed by atoms with Crippen molar-refractivity contribution in [3.8, 4) is 0 Å². The highest BCUT2D eigenvalue weighted by Crippen LogP contribution is 2.18. The third kappa shape index (κ3) is 5.38. The van der Waals surface area contributed by atoms with Crippen LogP contribution in [0.2, 0.25) is 0 Å². The minimum Gasteiger partial charge on any atom is -0.347 e. The quantitative estimate of drug-likeness (QED) is 0.613. The van der Waals surface area contributed by atoms with E-state index in [1.165, 1.54) is 13.1 Å². The van der Waals surface area contributed by atoms with E-state index in [1.807, 2.05) is 37.3 Å². The summed E-state index contributed by atoms with van der Waals surface area (Å²) in [6.07, 6.45) is 1.52. The van der Waals surface area contributed by atoms with Crippen LogP contribution >= 0.6 is 0 Å². The Bertz CT molecular complexity index is 1000. The number of nitrogens with one attached hydrogen (secondary N) is 3. The maximum atomic E-state index is 12.4. The van der Waals surface area contributed by atoms with Gasteiger partial charge in [-0.15, -0.1) is 0 Å². The molecule has 7 nitrogen and oxygen atoms in total. The van der Waals surface area contributed by atoms with Crippen molar-refractivity contribution in [1.82, 2.24) is 15.3 Å². The molecule has 0 atom stereocenters. The van der Waals surface area contributed by atoms with Gasteiger partial charge in [0.25, 0.3) is 5.91 Å². The Labute approximate surface area is 163 Å². The fourth-order valence-electron chi connectivity index (χ4n) is 2.65. The first kappa shape index (κ1) is 19.0. The number of benzene rings is 2. The monoisotopic (exact) mass is 375 g/mol. The number of rotatable bonds is 6. The summed E-state index contributed by atoms with van der Waals surface area (Å²) in [5.74, 6) is -0.136. The maximum Gasteiger partial charge on any atom is 0.270 e. The lowest BCUT2D eigenvalue weighted by molar-refractivity contribution is -0.114. The van der Waals surface area contributed by atoms with Gasteiger partial charge in [0.15, 0.2) is 0 Å². The van der Waals surface area contributed by atoms with Gasteiger partial charge in [-0.2, -0.15) is 0 Å². The van der Waals surface area contributed by atoms with Crippen LogP contribution in [0.5, 0.6) is 0 Å². The molecule has 0 saturated heterocycles. The molecule has 0 fully saturated rings. The molecular formula is C21H21N5O2. The fraction of sp³-hybridized carbons (Fsp3) is 0.143. The zero-order valence-electron chi connectivity index (χ0n) is 15.7. The number of aryl methyl sites for hydroxylation is 1. The SMILES string of the molecule is CC(=O)Nc1cccc(Nc2nccc(C(=O)NCc3cccc(C)c3)n2)c1. The van der Waals surface area contributed by atoms with E-state index in [0.29, 0.717) is 23.9 Å². The van der Waals surface area contributed by atoms with Gasteiger partial charge in [0.05, 0.1) is 0 Å². The van der Waals surface area contributed by atoms with Crippen molar-refractivity contribution < 1.29 is 9.59 Å². The van der Waals surface area contributed by atoms with Crippen LogP contribution in [0.3, 0.4) is 0 Å². The van der Waals surface area contributed by atoms with Crippen LogP contribution in [0, 0.1) is 6.92 Å². The predicted molar refractivity (Wildman–Crippen MR) is 108 cm³/mol. The number of hydrogen-bond acceptors (Lipinski definition) is 5. The number of carbonyl (C=O) groups is 2. The van der Waals surface area contributed by atoms with Gasteiger partial charge < -0.3 is 16.0 Å². The number of amides is 2. The molecule has 2 amide bonds. The summed E-state index contributed by atoms with van der Waals surface area (Å²) in [6.45, 7) is 3.88. The van der Waals surface area contributed by atoms with Crippen LogP contribution in [0.25, 0.3) is 0 Å². The highest BCUT2D eigenvalue weighted by atomic mass is 16.2. The average molecular weight is 375 g/mol. The summed E-state index contributed by atoms with van der Waals surface area (Å²) in [5, 5.41) is 8.61. The second-order valence-corrected chi connectivity index (χ2v) is 6.32. The summed E-state index contributed by atoms with van der Waals surface area (Å²) >= 11 is 0. The Morgan fingerprint density at radius 2 is 1.79 bits per heavy atom. The molecule has 0 spiro atoms. The highest BCUT2D eigenvalue weighted by Gasteiger charge is 2.09. The Hall–Kier alpha value is -3.74. The Morgan fingerprint density at radius 1 is 1.00 bits per heavy atom. The van der Waals surface area contributed by atoms with Gasteiger partial charge >= 0.3 is 0 Å². The largest absolute Gasteiger partial charge is 0.347 e. The first-order valence-electron chi connectivity index (χ1n) is 8.81. The predicted octanol–water partition coefficient (Wildman–Crippen LogP) is 3.42. The molecule has 0 aliphatic heterocycles. The van der Waals surface area contributed by atoms with Crippen LogP contribution < -0.4 is 16.0 Å². The molecule has 0 saturated carbocycles. The lowest BCUT2D eigenvalue weighted by Gasteiger charge is -2.09. The molecule has 3 N–H and O–H groups in total. The first-order chi connectivity index (χ1) is 13.5. The number of aromatic nitrogens is 2. The number of hydrogen-bond donors (Lipinski definition) is 3. The van der Waals surface area contributed by atoms with E-state index >= 15 is 0 Å². The van der Waals surface area contributed by atoms with Gasteiger partial charge in [-0.05, 0) is 36.8 Å². The molecule has 0 radical (unpaired) electrons. The van der Waals surface area contributed by atoms with Crippen molar-refractivity contribution in [1.29, 1.82) is 0 Å². The summed E-state index contributed by atoms with van der Waals surface area (Å²) in [7, 11) is 0. The molecule has 0 unspecified atom stereocenters. The van der Waals surface area contributed by atoms with Gasteiger partial charge in [-0.25, -0.2) is 9.97 Å². The molecule has 3 aromatic rings. The molecule has 0 aliphatic carbocycles.